The van der Waals surface area contributed by atoms with Crippen LogP contribution in [0.2, 0.25) is 0 Å². The number of benzene rings is 1. The summed E-state index contributed by atoms with van der Waals surface area (Å²) in [5, 5.41) is 4.14. The van der Waals surface area contributed by atoms with Crippen LogP contribution in [0.5, 0.6) is 0 Å². The van der Waals surface area contributed by atoms with Crippen molar-refractivity contribution in [2.24, 2.45) is 5.10 Å². The molecule has 2 rings (SSSR count). The molecule has 0 spiro atoms. The van der Waals surface area contributed by atoms with Crippen LogP contribution in [0.15, 0.2) is 29.4 Å². The van der Waals surface area contributed by atoms with Gasteiger partial charge in [-0.15, -0.1) is 0 Å². The number of nitrogen functional groups attached to an aromatic ring is 1. The number of carbonyl (C=O) groups is 1. The van der Waals surface area contributed by atoms with Crippen LogP contribution in [-0.4, -0.2) is 17.1 Å². The van der Waals surface area contributed by atoms with E-state index in [1.54, 1.807) is 12.1 Å². The predicted octanol–water partition coefficient (Wildman–Crippen LogP) is 2.19. The summed E-state index contributed by atoms with van der Waals surface area (Å²) in [4.78, 5) is 16.4. The highest BCUT2D eigenvalue weighted by atomic mass is 32.1. The molecular formula is C13H13FN4OS. The van der Waals surface area contributed by atoms with Crippen molar-refractivity contribution in [1.82, 2.24) is 10.4 Å². The van der Waals surface area contributed by atoms with Crippen LogP contribution in [0.1, 0.15) is 27.9 Å². The van der Waals surface area contributed by atoms with Crippen molar-refractivity contribution in [2.45, 2.75) is 13.3 Å². The zero-order valence-electron chi connectivity index (χ0n) is 10.8. The zero-order chi connectivity index (χ0) is 14.5. The van der Waals surface area contributed by atoms with Gasteiger partial charge in [0.1, 0.15) is 10.7 Å². The Balaban J connectivity index is 2.05. The first-order valence-corrected chi connectivity index (χ1v) is 6.76. The average molecular weight is 292 g/mol. The lowest BCUT2D eigenvalue weighted by atomic mass is 10.2. The van der Waals surface area contributed by atoms with Crippen LogP contribution < -0.4 is 11.2 Å². The Bertz CT molecular complexity index is 654. The van der Waals surface area contributed by atoms with Crippen molar-refractivity contribution < 1.29 is 9.18 Å². The molecule has 0 unspecified atom stereocenters. The second-order valence-electron chi connectivity index (χ2n) is 3.94. The van der Waals surface area contributed by atoms with E-state index in [-0.39, 0.29) is 11.7 Å². The van der Waals surface area contributed by atoms with E-state index in [0.29, 0.717) is 27.7 Å². The maximum atomic E-state index is 12.9. The van der Waals surface area contributed by atoms with Gasteiger partial charge in [0.2, 0.25) is 0 Å². The molecule has 2 aromatic rings. The van der Waals surface area contributed by atoms with Gasteiger partial charge in [0.05, 0.1) is 11.9 Å². The van der Waals surface area contributed by atoms with Crippen LogP contribution in [-0.2, 0) is 6.42 Å². The highest BCUT2D eigenvalue weighted by Crippen LogP contribution is 2.20. The van der Waals surface area contributed by atoms with Crippen molar-refractivity contribution in [3.05, 3.63) is 46.2 Å². The number of carbonyl (C=O) groups excluding carboxylic acids is 1. The minimum atomic E-state index is -0.372. The van der Waals surface area contributed by atoms with Crippen molar-refractivity contribution in [2.75, 3.05) is 5.73 Å². The maximum Gasteiger partial charge on any atom is 0.283 e. The van der Waals surface area contributed by atoms with Gasteiger partial charge in [-0.25, -0.2) is 14.8 Å². The van der Waals surface area contributed by atoms with E-state index in [9.17, 15) is 9.18 Å². The monoisotopic (exact) mass is 292 g/mol. The normalized spacial score (nSPS) is 10.9. The number of hydrogen-bond acceptors (Lipinski definition) is 5. The Labute approximate surface area is 119 Å². The number of aryl methyl sites for hydroxylation is 1. The minimum absolute atomic E-state index is 0.348. The first kappa shape index (κ1) is 14.1. The van der Waals surface area contributed by atoms with E-state index in [4.69, 9.17) is 5.73 Å². The number of thiazole rings is 1. The quantitative estimate of drug-likeness (QED) is 0.669. The molecule has 0 aliphatic rings. The third kappa shape index (κ3) is 3.39. The number of nitrogens with one attached hydrogen (secondary N) is 1. The summed E-state index contributed by atoms with van der Waals surface area (Å²) in [5.41, 5.74) is 9.16. The molecule has 0 saturated carbocycles. The lowest BCUT2D eigenvalue weighted by molar-refractivity contribution is 0.0958. The first-order chi connectivity index (χ1) is 9.60. The van der Waals surface area contributed by atoms with E-state index in [1.807, 2.05) is 6.92 Å². The van der Waals surface area contributed by atoms with Gasteiger partial charge in [-0.05, 0) is 24.1 Å². The molecule has 1 amide bonds. The molecule has 0 radical (unpaired) electrons. The highest BCUT2D eigenvalue weighted by molar-refractivity contribution is 7.17. The van der Waals surface area contributed by atoms with E-state index in [0.717, 1.165) is 11.3 Å². The van der Waals surface area contributed by atoms with Gasteiger partial charge in [0.15, 0.2) is 5.13 Å². The van der Waals surface area contributed by atoms with Crippen LogP contribution >= 0.6 is 11.3 Å². The summed E-state index contributed by atoms with van der Waals surface area (Å²) < 4.78 is 12.9. The van der Waals surface area contributed by atoms with Gasteiger partial charge in [0.25, 0.3) is 5.91 Å². The molecule has 0 aliphatic heterocycles. The molecule has 1 heterocycles. The predicted molar refractivity (Wildman–Crippen MR) is 77.4 cm³/mol. The summed E-state index contributed by atoms with van der Waals surface area (Å²) >= 11 is 1.12. The van der Waals surface area contributed by atoms with Gasteiger partial charge in [-0.1, -0.05) is 30.4 Å². The molecule has 0 atom stereocenters. The minimum Gasteiger partial charge on any atom is -0.375 e. The van der Waals surface area contributed by atoms with Crippen molar-refractivity contribution in [3.63, 3.8) is 0 Å². The Morgan fingerprint density at radius 1 is 1.60 bits per heavy atom. The van der Waals surface area contributed by atoms with Crippen molar-refractivity contribution in [3.8, 4) is 0 Å². The zero-order valence-corrected chi connectivity index (χ0v) is 11.6. The van der Waals surface area contributed by atoms with Gasteiger partial charge in [-0.2, -0.15) is 5.10 Å². The lowest BCUT2D eigenvalue weighted by Gasteiger charge is -1.98. The number of hydrogen-bond donors (Lipinski definition) is 2. The standard InChI is InChI=1S/C13H13FN4OS/c1-2-10-11(20-13(15)17-10)12(19)18-16-7-8-4-3-5-9(14)6-8/h3-7H,2H2,1H3,(H2,15,17)(H,18,19)/b16-7+. The molecule has 0 aliphatic carbocycles. The van der Waals surface area contributed by atoms with Gasteiger partial charge >= 0.3 is 0 Å². The summed E-state index contributed by atoms with van der Waals surface area (Å²) in [6.07, 6.45) is 1.99. The molecule has 0 fully saturated rings. The number of nitrogens with zero attached hydrogens (tertiary/aromatic N) is 2. The largest absolute Gasteiger partial charge is 0.375 e. The number of aromatic nitrogens is 1. The Hall–Kier alpha value is -2.28. The van der Waals surface area contributed by atoms with Crippen molar-refractivity contribution >= 4 is 28.6 Å². The van der Waals surface area contributed by atoms with Crippen molar-refractivity contribution in [1.29, 1.82) is 0 Å². The van der Waals surface area contributed by atoms with E-state index >= 15 is 0 Å². The smallest absolute Gasteiger partial charge is 0.283 e. The highest BCUT2D eigenvalue weighted by Gasteiger charge is 2.15. The van der Waals surface area contributed by atoms with Crippen LogP contribution in [0.4, 0.5) is 9.52 Å². The van der Waals surface area contributed by atoms with Gasteiger partial charge in [-0.3, -0.25) is 4.79 Å². The average Bonchev–Trinajstić information content (AvgIpc) is 2.80. The number of amides is 1. The Morgan fingerprint density at radius 2 is 2.40 bits per heavy atom. The summed E-state index contributed by atoms with van der Waals surface area (Å²) in [5.74, 6) is -0.729. The molecule has 20 heavy (non-hydrogen) atoms. The number of nitrogens with two attached hydrogens (primary N) is 1. The molecular weight excluding hydrogens is 279 g/mol. The number of halogens is 1. The van der Waals surface area contributed by atoms with E-state index in [2.05, 4.69) is 15.5 Å². The van der Waals surface area contributed by atoms with Crippen LogP contribution in [0, 0.1) is 5.82 Å². The topological polar surface area (TPSA) is 80.4 Å². The molecule has 1 aromatic heterocycles. The van der Waals surface area contributed by atoms with Gasteiger partial charge in [0, 0.05) is 0 Å². The SMILES string of the molecule is CCc1nc(N)sc1C(=O)N/N=C/c1cccc(F)c1. The second-order valence-corrected chi connectivity index (χ2v) is 4.97. The maximum absolute atomic E-state index is 12.9. The Kier molecular flexibility index (Phi) is 4.41. The third-order valence-corrected chi connectivity index (χ3v) is 3.41. The molecule has 1 aromatic carbocycles. The second kappa shape index (κ2) is 6.25. The summed E-state index contributed by atoms with van der Waals surface area (Å²) in [6, 6.07) is 5.90. The fourth-order valence-corrected chi connectivity index (χ4v) is 2.40. The molecule has 104 valence electrons. The third-order valence-electron chi connectivity index (χ3n) is 2.48. The molecule has 7 heteroatoms. The first-order valence-electron chi connectivity index (χ1n) is 5.94. The number of rotatable bonds is 4. The molecule has 3 N–H and O–H groups in total. The lowest BCUT2D eigenvalue weighted by Crippen LogP contribution is -2.17. The molecule has 0 bridgehead atoms. The van der Waals surface area contributed by atoms with E-state index < -0.39 is 0 Å². The molecule has 5 nitrogen and oxygen atoms in total. The van der Waals surface area contributed by atoms with Crippen LogP contribution in [0.25, 0.3) is 0 Å². The van der Waals surface area contributed by atoms with Crippen LogP contribution in [0.3, 0.4) is 0 Å². The van der Waals surface area contributed by atoms with E-state index in [1.165, 1.54) is 18.3 Å². The summed E-state index contributed by atoms with van der Waals surface area (Å²) in [7, 11) is 0. The Morgan fingerprint density at radius 3 is 3.10 bits per heavy atom. The number of anilines is 1. The molecule has 0 saturated heterocycles. The van der Waals surface area contributed by atoms with Gasteiger partial charge < -0.3 is 5.73 Å². The summed E-state index contributed by atoms with van der Waals surface area (Å²) in [6.45, 7) is 1.89. The number of hydrazone groups is 1. The fourth-order valence-electron chi connectivity index (χ4n) is 1.59. The fraction of sp³-hybridized carbons (Fsp3) is 0.154.